The van der Waals surface area contributed by atoms with Gasteiger partial charge in [-0.1, -0.05) is 0 Å². The van der Waals surface area contributed by atoms with Gasteiger partial charge >= 0.3 is 0 Å². The second kappa shape index (κ2) is 8.17. The third-order valence-electron chi connectivity index (χ3n) is 5.71. The van der Waals surface area contributed by atoms with Gasteiger partial charge in [-0.2, -0.15) is 5.10 Å². The Hall–Kier alpha value is -3.36. The Kier molecular flexibility index (Phi) is 5.43. The lowest BCUT2D eigenvalue weighted by molar-refractivity contribution is 0.0591. The largest absolute Gasteiger partial charge is 0.350 e. The first-order chi connectivity index (χ1) is 14.5. The fourth-order valence-electron chi connectivity index (χ4n) is 4.13. The third-order valence-corrected chi connectivity index (χ3v) is 5.71. The lowest BCUT2D eigenvalue weighted by atomic mass is 9.82. The van der Waals surface area contributed by atoms with Gasteiger partial charge in [0.1, 0.15) is 5.82 Å². The molecule has 2 atom stereocenters. The number of benzene rings is 1. The first-order valence-electron chi connectivity index (χ1n) is 9.91. The molecule has 30 heavy (non-hydrogen) atoms. The van der Waals surface area contributed by atoms with E-state index in [1.807, 2.05) is 13.8 Å². The number of nitrogens with zero attached hydrogens (tertiary/aromatic N) is 5. The van der Waals surface area contributed by atoms with Gasteiger partial charge in [-0.05, 0) is 38.5 Å². The Morgan fingerprint density at radius 3 is 3.00 bits per heavy atom. The number of carbonyl (C=O) groups is 1. The molecule has 0 aliphatic carbocycles. The zero-order valence-electron chi connectivity index (χ0n) is 17.0. The average molecular weight is 409 g/mol. The molecular weight excluding hydrogens is 385 g/mol. The number of hydrogen-bond acceptors (Lipinski definition) is 7. The molecule has 2 N–H and O–H groups in total. The molecule has 0 spiro atoms. The minimum Gasteiger partial charge on any atom is -0.350 e. The van der Waals surface area contributed by atoms with Crippen LogP contribution in [0.5, 0.6) is 0 Å². The number of piperidine rings is 1. The van der Waals surface area contributed by atoms with E-state index in [0.717, 1.165) is 36.4 Å². The van der Waals surface area contributed by atoms with Gasteiger partial charge in [0, 0.05) is 38.0 Å². The third kappa shape index (κ3) is 3.74. The summed E-state index contributed by atoms with van der Waals surface area (Å²) in [6, 6.07) is 4.17. The molecule has 156 valence electrons. The Labute approximate surface area is 174 Å². The summed E-state index contributed by atoms with van der Waals surface area (Å²) in [5.41, 5.74) is 5.10. The van der Waals surface area contributed by atoms with E-state index < -0.39 is 5.82 Å². The number of halogens is 1. The minimum atomic E-state index is -0.481. The summed E-state index contributed by atoms with van der Waals surface area (Å²) in [6.45, 7) is 5.96. The van der Waals surface area contributed by atoms with Gasteiger partial charge < -0.3 is 15.2 Å². The van der Waals surface area contributed by atoms with E-state index in [4.69, 9.17) is 5.41 Å². The van der Waals surface area contributed by atoms with E-state index in [2.05, 4.69) is 25.4 Å². The summed E-state index contributed by atoms with van der Waals surface area (Å²) in [4.78, 5) is 26.3. The highest BCUT2D eigenvalue weighted by Crippen LogP contribution is 2.37. The van der Waals surface area contributed by atoms with Crippen molar-refractivity contribution in [3.63, 3.8) is 0 Å². The molecule has 8 nitrogen and oxygen atoms in total. The van der Waals surface area contributed by atoms with Crippen molar-refractivity contribution >= 4 is 29.8 Å². The second-order valence-electron chi connectivity index (χ2n) is 7.69. The lowest BCUT2D eigenvalue weighted by Gasteiger charge is -2.54. The normalized spacial score (nSPS) is 20.6. The fraction of sp³-hybridized carbons (Fsp3) is 0.381. The quantitative estimate of drug-likeness (QED) is 0.584. The molecule has 0 radical (unpaired) electrons. The smallest absolute Gasteiger partial charge is 0.256 e. The minimum absolute atomic E-state index is 0.179. The highest BCUT2D eigenvalue weighted by molar-refractivity contribution is 6.14. The zero-order chi connectivity index (χ0) is 21.3. The molecule has 0 saturated carbocycles. The molecule has 1 aromatic carbocycles. The summed E-state index contributed by atoms with van der Waals surface area (Å²) in [5, 5.41) is 10.9. The molecule has 1 aromatic heterocycles. The molecule has 4 rings (SSSR count). The SMILES string of the molecule is Cc1cnc(C)c(N2CC3CCN(C(=O)c4cc(F)ccc4N/N=C\C=N)CC32)n1. The first kappa shape index (κ1) is 19.9. The van der Waals surface area contributed by atoms with Gasteiger partial charge in [0.25, 0.3) is 5.91 Å². The van der Waals surface area contributed by atoms with Gasteiger partial charge in [0.05, 0.1) is 34.9 Å². The zero-order valence-corrected chi connectivity index (χ0v) is 17.0. The van der Waals surface area contributed by atoms with E-state index in [1.54, 1.807) is 11.1 Å². The van der Waals surface area contributed by atoms with Gasteiger partial charge in [-0.3, -0.25) is 15.2 Å². The Morgan fingerprint density at radius 2 is 2.20 bits per heavy atom. The topological polar surface area (TPSA) is 97.6 Å². The van der Waals surface area contributed by atoms with Gasteiger partial charge in [-0.25, -0.2) is 9.37 Å². The van der Waals surface area contributed by atoms with Crippen molar-refractivity contribution in [2.45, 2.75) is 26.3 Å². The van der Waals surface area contributed by atoms with Crippen LogP contribution >= 0.6 is 0 Å². The van der Waals surface area contributed by atoms with Crippen molar-refractivity contribution in [3.05, 3.63) is 47.2 Å². The van der Waals surface area contributed by atoms with Gasteiger partial charge in [0.2, 0.25) is 0 Å². The van der Waals surface area contributed by atoms with E-state index in [1.165, 1.54) is 24.4 Å². The molecule has 2 aliphatic rings. The van der Waals surface area contributed by atoms with Crippen LogP contribution in [-0.2, 0) is 0 Å². The van der Waals surface area contributed by atoms with Crippen molar-refractivity contribution in [2.24, 2.45) is 11.0 Å². The number of hydrazone groups is 1. The number of likely N-dealkylation sites (tertiary alicyclic amines) is 1. The van der Waals surface area contributed by atoms with Crippen LogP contribution in [0.1, 0.15) is 28.2 Å². The van der Waals surface area contributed by atoms with E-state index in [9.17, 15) is 9.18 Å². The number of nitrogens with one attached hydrogen (secondary N) is 2. The number of carbonyl (C=O) groups excluding carboxylic acids is 1. The van der Waals surface area contributed by atoms with Crippen molar-refractivity contribution in [3.8, 4) is 0 Å². The molecule has 2 aromatic rings. The van der Waals surface area contributed by atoms with Crippen LogP contribution in [0, 0.1) is 31.0 Å². The molecule has 1 amide bonds. The molecular formula is C21H24FN7O. The number of hydrogen-bond donors (Lipinski definition) is 2. The monoisotopic (exact) mass is 409 g/mol. The summed E-state index contributed by atoms with van der Waals surface area (Å²) < 4.78 is 13.9. The highest BCUT2D eigenvalue weighted by Gasteiger charge is 2.45. The van der Waals surface area contributed by atoms with Gasteiger partial charge in [0.15, 0.2) is 5.82 Å². The molecule has 2 saturated heterocycles. The highest BCUT2D eigenvalue weighted by atomic mass is 19.1. The van der Waals surface area contributed by atoms with Crippen LogP contribution in [0.3, 0.4) is 0 Å². The number of aryl methyl sites for hydroxylation is 2. The van der Waals surface area contributed by atoms with Gasteiger partial charge in [-0.15, -0.1) is 0 Å². The maximum Gasteiger partial charge on any atom is 0.256 e. The molecule has 0 bridgehead atoms. The summed E-state index contributed by atoms with van der Waals surface area (Å²) in [7, 11) is 0. The van der Waals surface area contributed by atoms with Crippen molar-refractivity contribution in [2.75, 3.05) is 30.0 Å². The van der Waals surface area contributed by atoms with Crippen LogP contribution in [0.25, 0.3) is 0 Å². The van der Waals surface area contributed by atoms with Crippen molar-refractivity contribution in [1.29, 1.82) is 5.41 Å². The van der Waals surface area contributed by atoms with Crippen molar-refractivity contribution < 1.29 is 9.18 Å². The van der Waals surface area contributed by atoms with Crippen molar-refractivity contribution in [1.82, 2.24) is 14.9 Å². The number of anilines is 2. The molecule has 3 heterocycles. The Bertz CT molecular complexity index is 1010. The average Bonchev–Trinajstić information content (AvgIpc) is 2.72. The van der Waals surface area contributed by atoms with Crippen LogP contribution in [0.2, 0.25) is 0 Å². The van der Waals surface area contributed by atoms with Crippen LogP contribution in [-0.4, -0.2) is 58.9 Å². The maximum absolute atomic E-state index is 13.9. The molecule has 2 unspecified atom stereocenters. The Morgan fingerprint density at radius 1 is 1.37 bits per heavy atom. The first-order valence-corrected chi connectivity index (χ1v) is 9.91. The summed E-state index contributed by atoms with van der Waals surface area (Å²) in [6.07, 6.45) is 4.92. The fourth-order valence-corrected chi connectivity index (χ4v) is 4.13. The molecule has 2 aliphatic heterocycles. The van der Waals surface area contributed by atoms with Crippen LogP contribution < -0.4 is 10.3 Å². The number of rotatable bonds is 5. The number of fused-ring (bicyclic) bond motifs is 1. The second-order valence-corrected chi connectivity index (χ2v) is 7.69. The Balaban J connectivity index is 1.54. The van der Waals surface area contributed by atoms with Crippen LogP contribution in [0.4, 0.5) is 15.9 Å². The number of aromatic nitrogens is 2. The van der Waals surface area contributed by atoms with E-state index in [-0.39, 0.29) is 17.5 Å². The lowest BCUT2D eigenvalue weighted by Crippen LogP contribution is -2.65. The maximum atomic E-state index is 13.9. The standard InChI is InChI=1S/C21H24FN7O/c1-13-10-24-14(2)20(26-13)29-11-15-5-8-28(12-19(15)29)21(30)17-9-16(22)3-4-18(17)27-25-7-6-23/h3-4,6-7,9-10,15,19,23,27H,5,8,11-12H2,1-2H3/b23-6?,25-7-. The van der Waals surface area contributed by atoms with E-state index in [0.29, 0.717) is 24.7 Å². The van der Waals surface area contributed by atoms with E-state index >= 15 is 0 Å². The number of amides is 1. The summed E-state index contributed by atoms with van der Waals surface area (Å²) >= 11 is 0. The predicted molar refractivity (Wildman–Crippen MR) is 114 cm³/mol. The predicted octanol–water partition coefficient (Wildman–Crippen LogP) is 2.63. The molecule has 2 fully saturated rings. The van der Waals surface area contributed by atoms with Crippen LogP contribution in [0.15, 0.2) is 29.5 Å². The molecule has 9 heteroatoms. The summed E-state index contributed by atoms with van der Waals surface area (Å²) in [5.74, 6) is 0.669.